The third-order valence-electron chi connectivity index (χ3n) is 3.80. The van der Waals surface area contributed by atoms with Crippen molar-refractivity contribution in [3.8, 4) is 0 Å². The van der Waals surface area contributed by atoms with E-state index in [0.29, 0.717) is 13.1 Å². The molecule has 5 nitrogen and oxygen atoms in total. The van der Waals surface area contributed by atoms with Gasteiger partial charge in [0.15, 0.2) is 4.34 Å². The summed E-state index contributed by atoms with van der Waals surface area (Å²) in [5.74, 6) is -0.280. The topological polar surface area (TPSA) is 63.4 Å². The summed E-state index contributed by atoms with van der Waals surface area (Å²) in [6.07, 6.45) is 0. The molecule has 3 aromatic rings. The van der Waals surface area contributed by atoms with Crippen LogP contribution in [-0.4, -0.2) is 15.7 Å². The summed E-state index contributed by atoms with van der Waals surface area (Å²) in [5, 5.41) is 11.0. The Bertz CT molecular complexity index is 872. The van der Waals surface area contributed by atoms with Gasteiger partial charge in [-0.2, -0.15) is 0 Å². The van der Waals surface area contributed by atoms with E-state index in [9.17, 15) is 14.9 Å². The molecule has 0 radical (unpaired) electrons. The van der Waals surface area contributed by atoms with Crippen molar-refractivity contribution >= 4 is 34.5 Å². The monoisotopic (exact) mass is 386 g/mol. The lowest BCUT2D eigenvalue weighted by Crippen LogP contribution is -2.29. The van der Waals surface area contributed by atoms with Crippen LogP contribution in [0.2, 0.25) is 4.34 Å². The van der Waals surface area contributed by atoms with Crippen molar-refractivity contribution in [2.45, 2.75) is 13.1 Å². The number of amides is 1. The molecular weight excluding hydrogens is 372 g/mol. The number of carbonyl (C=O) groups is 1. The van der Waals surface area contributed by atoms with Gasteiger partial charge in [-0.15, -0.1) is 11.3 Å². The lowest BCUT2D eigenvalue weighted by Gasteiger charge is -2.22. The summed E-state index contributed by atoms with van der Waals surface area (Å²) in [6.45, 7) is 0.801. The second-order valence-electron chi connectivity index (χ2n) is 5.66. The van der Waals surface area contributed by atoms with Crippen molar-refractivity contribution < 1.29 is 9.72 Å². The van der Waals surface area contributed by atoms with E-state index in [2.05, 4.69) is 0 Å². The summed E-state index contributed by atoms with van der Waals surface area (Å²) in [6, 6.07) is 20.5. The maximum absolute atomic E-state index is 13.0. The zero-order chi connectivity index (χ0) is 18.5. The van der Waals surface area contributed by atoms with Crippen molar-refractivity contribution in [1.82, 2.24) is 4.90 Å². The van der Waals surface area contributed by atoms with Gasteiger partial charge in [0.05, 0.1) is 4.92 Å². The molecule has 1 heterocycles. The molecule has 0 N–H and O–H groups in total. The van der Waals surface area contributed by atoms with Crippen molar-refractivity contribution in [3.63, 3.8) is 0 Å². The highest BCUT2D eigenvalue weighted by Gasteiger charge is 2.25. The highest BCUT2D eigenvalue weighted by Crippen LogP contribution is 2.34. The lowest BCUT2D eigenvalue weighted by molar-refractivity contribution is -0.384. The van der Waals surface area contributed by atoms with Crippen molar-refractivity contribution in [1.29, 1.82) is 0 Å². The number of benzene rings is 2. The first-order valence-electron chi connectivity index (χ1n) is 7.85. The number of nitrogens with zero attached hydrogens (tertiary/aromatic N) is 2. The fourth-order valence-corrected chi connectivity index (χ4v) is 3.74. The summed E-state index contributed by atoms with van der Waals surface area (Å²) in [7, 11) is 0. The van der Waals surface area contributed by atoms with Gasteiger partial charge in [0.1, 0.15) is 4.88 Å². The first kappa shape index (κ1) is 18.1. The maximum Gasteiger partial charge on any atom is 0.299 e. The minimum atomic E-state index is -0.575. The molecule has 0 unspecified atom stereocenters. The van der Waals surface area contributed by atoms with Crippen molar-refractivity contribution in [2.75, 3.05) is 0 Å². The van der Waals surface area contributed by atoms with Crippen LogP contribution in [0.4, 0.5) is 5.69 Å². The first-order chi connectivity index (χ1) is 12.5. The fourth-order valence-electron chi connectivity index (χ4n) is 2.55. The van der Waals surface area contributed by atoms with Crippen LogP contribution < -0.4 is 0 Å². The number of hydrogen-bond donors (Lipinski definition) is 0. The van der Waals surface area contributed by atoms with Crippen molar-refractivity contribution in [3.05, 3.63) is 97.2 Å². The van der Waals surface area contributed by atoms with E-state index in [1.807, 2.05) is 60.7 Å². The van der Waals surface area contributed by atoms with Gasteiger partial charge in [-0.3, -0.25) is 14.9 Å². The van der Waals surface area contributed by atoms with Crippen LogP contribution in [0.25, 0.3) is 0 Å². The van der Waals surface area contributed by atoms with Crippen LogP contribution in [0.5, 0.6) is 0 Å². The normalized spacial score (nSPS) is 10.5. The molecule has 0 atom stereocenters. The highest BCUT2D eigenvalue weighted by molar-refractivity contribution is 7.18. The Morgan fingerprint density at radius 2 is 1.50 bits per heavy atom. The minimum Gasteiger partial charge on any atom is -0.329 e. The molecule has 2 aromatic carbocycles. The Morgan fingerprint density at radius 1 is 1.00 bits per heavy atom. The molecule has 0 aliphatic heterocycles. The summed E-state index contributed by atoms with van der Waals surface area (Å²) < 4.78 is 0.0118. The standard InChI is InChI=1S/C19H15ClN2O3S/c20-18-16(22(24)25)11-17(26-18)19(23)21(12-14-7-3-1-4-8-14)13-15-9-5-2-6-10-15/h1-11H,12-13H2. The largest absolute Gasteiger partial charge is 0.329 e. The van der Waals surface area contributed by atoms with E-state index in [4.69, 9.17) is 11.6 Å². The molecule has 1 aromatic heterocycles. The molecule has 0 saturated heterocycles. The van der Waals surface area contributed by atoms with Gasteiger partial charge in [0.2, 0.25) is 0 Å². The van der Waals surface area contributed by atoms with Crippen LogP contribution in [-0.2, 0) is 13.1 Å². The summed E-state index contributed by atoms with van der Waals surface area (Å²) in [5.41, 5.74) is 1.72. The van der Waals surface area contributed by atoms with E-state index in [1.54, 1.807) is 4.90 Å². The molecule has 26 heavy (non-hydrogen) atoms. The zero-order valence-electron chi connectivity index (χ0n) is 13.7. The molecule has 0 aliphatic rings. The summed E-state index contributed by atoms with van der Waals surface area (Å²) in [4.78, 5) is 25.4. The lowest BCUT2D eigenvalue weighted by atomic mass is 10.1. The van der Waals surface area contributed by atoms with Gasteiger partial charge in [0.25, 0.3) is 11.6 Å². The third kappa shape index (κ3) is 4.28. The molecule has 0 bridgehead atoms. The number of rotatable bonds is 6. The van der Waals surface area contributed by atoms with Crippen LogP contribution in [0.3, 0.4) is 0 Å². The first-order valence-corrected chi connectivity index (χ1v) is 9.05. The maximum atomic E-state index is 13.0. The number of nitro groups is 1. The molecule has 3 rings (SSSR count). The highest BCUT2D eigenvalue weighted by atomic mass is 35.5. The molecule has 132 valence electrons. The predicted molar refractivity (Wildman–Crippen MR) is 102 cm³/mol. The van der Waals surface area contributed by atoms with Gasteiger partial charge in [-0.1, -0.05) is 72.3 Å². The number of hydrogen-bond acceptors (Lipinski definition) is 4. The quantitative estimate of drug-likeness (QED) is 0.434. The Labute approximate surface area is 159 Å². The van der Waals surface area contributed by atoms with Gasteiger partial charge in [-0.05, 0) is 11.1 Å². The van der Waals surface area contributed by atoms with Gasteiger partial charge >= 0.3 is 0 Å². The Hall–Kier alpha value is -2.70. The van der Waals surface area contributed by atoms with Crippen LogP contribution >= 0.6 is 22.9 Å². The third-order valence-corrected chi connectivity index (χ3v) is 5.12. The van der Waals surface area contributed by atoms with E-state index < -0.39 is 4.92 Å². The zero-order valence-corrected chi connectivity index (χ0v) is 15.2. The molecule has 7 heteroatoms. The molecule has 1 amide bonds. The fraction of sp³-hybridized carbons (Fsp3) is 0.105. The molecule has 0 fully saturated rings. The van der Waals surface area contributed by atoms with Gasteiger partial charge in [-0.25, -0.2) is 0 Å². The average Bonchev–Trinajstić information content (AvgIpc) is 3.04. The van der Waals surface area contributed by atoms with E-state index in [-0.39, 0.29) is 20.8 Å². The van der Waals surface area contributed by atoms with Gasteiger partial charge in [0, 0.05) is 19.2 Å². The van der Waals surface area contributed by atoms with Crippen molar-refractivity contribution in [2.24, 2.45) is 0 Å². The molecule has 0 saturated carbocycles. The molecule has 0 spiro atoms. The predicted octanol–water partition coefficient (Wildman–Crippen LogP) is 5.15. The average molecular weight is 387 g/mol. The van der Waals surface area contributed by atoms with Crippen LogP contribution in [0.1, 0.15) is 20.8 Å². The van der Waals surface area contributed by atoms with Crippen LogP contribution in [0.15, 0.2) is 66.7 Å². The second kappa shape index (κ2) is 8.12. The van der Waals surface area contributed by atoms with E-state index >= 15 is 0 Å². The minimum absolute atomic E-state index is 0.0118. The Morgan fingerprint density at radius 3 is 1.92 bits per heavy atom. The van der Waals surface area contributed by atoms with E-state index in [1.165, 1.54) is 6.07 Å². The Balaban J connectivity index is 1.89. The molecule has 0 aliphatic carbocycles. The Kier molecular flexibility index (Phi) is 5.65. The summed E-state index contributed by atoms with van der Waals surface area (Å²) >= 11 is 6.85. The molecular formula is C19H15ClN2O3S. The van der Waals surface area contributed by atoms with Gasteiger partial charge < -0.3 is 4.90 Å². The van der Waals surface area contributed by atoms with Crippen LogP contribution in [0, 0.1) is 10.1 Å². The van der Waals surface area contributed by atoms with E-state index in [0.717, 1.165) is 22.5 Å². The smallest absolute Gasteiger partial charge is 0.299 e. The SMILES string of the molecule is O=C(c1cc([N+](=O)[O-])c(Cl)s1)N(Cc1ccccc1)Cc1ccccc1. The number of thiophene rings is 1. The number of halogens is 1. The second-order valence-corrected chi connectivity index (χ2v) is 7.31. The number of carbonyl (C=O) groups excluding carboxylic acids is 1.